The summed E-state index contributed by atoms with van der Waals surface area (Å²) >= 11 is -1.91. The Kier molecular flexibility index (Phi) is 10.4. The maximum Gasteiger partial charge on any atom is 0.120 e. The van der Waals surface area contributed by atoms with Crippen LogP contribution >= 0.6 is 0 Å². The molecule has 3 nitrogen and oxygen atoms in total. The summed E-state index contributed by atoms with van der Waals surface area (Å²) in [5, 5.41) is 2.30. The number of aromatic nitrogens is 2. The number of fused-ring (bicyclic) bond motifs is 4. The Morgan fingerprint density at radius 3 is 2.41 bits per heavy atom. The summed E-state index contributed by atoms with van der Waals surface area (Å²) in [4.78, 5) is 9.44. The Morgan fingerprint density at radius 1 is 0.891 bits per heavy atom. The second kappa shape index (κ2) is 14.0. The van der Waals surface area contributed by atoms with Crippen molar-refractivity contribution in [1.29, 1.82) is 0 Å². The largest absolute Gasteiger partial charge is 0.501 e. The van der Waals surface area contributed by atoms with E-state index in [9.17, 15) is 0 Å². The van der Waals surface area contributed by atoms with Crippen molar-refractivity contribution >= 4 is 39.6 Å². The molecule has 3 aromatic heterocycles. The summed E-state index contributed by atoms with van der Waals surface area (Å²) in [6.45, 7) is 9.02. The van der Waals surface area contributed by atoms with E-state index in [1.807, 2.05) is 30.5 Å². The van der Waals surface area contributed by atoms with Gasteiger partial charge in [0.25, 0.3) is 0 Å². The fourth-order valence-corrected chi connectivity index (χ4v) is 9.75. The van der Waals surface area contributed by atoms with Crippen LogP contribution in [0, 0.1) is 24.5 Å². The summed E-state index contributed by atoms with van der Waals surface area (Å²) in [6, 6.07) is 29.8. The van der Waals surface area contributed by atoms with Gasteiger partial charge < -0.3 is 9.40 Å². The van der Waals surface area contributed by atoms with Crippen molar-refractivity contribution in [2.24, 2.45) is 5.41 Å². The zero-order chi connectivity index (χ0) is 31.8. The minimum absolute atomic E-state index is 0. The maximum absolute atomic E-state index is 6.16. The predicted octanol–water partition coefficient (Wildman–Crippen LogP) is 10.3. The van der Waals surface area contributed by atoms with Crippen molar-refractivity contribution in [1.82, 2.24) is 9.97 Å². The quantitative estimate of drug-likeness (QED) is 0.131. The fourth-order valence-electron chi connectivity index (χ4n) is 6.44. The predicted molar refractivity (Wildman–Crippen MR) is 192 cm³/mol. The first-order valence-electron chi connectivity index (χ1n) is 16.3. The summed E-state index contributed by atoms with van der Waals surface area (Å²) in [7, 11) is 0. The van der Waals surface area contributed by atoms with Crippen LogP contribution in [0.1, 0.15) is 55.9 Å². The van der Waals surface area contributed by atoms with Gasteiger partial charge in [0.1, 0.15) is 5.58 Å². The number of nitrogens with zero attached hydrogens (tertiary/aromatic N) is 2. The first-order chi connectivity index (χ1) is 21.5. The maximum atomic E-state index is 6.16. The van der Waals surface area contributed by atoms with E-state index in [1.165, 1.54) is 39.5 Å². The molecule has 0 bridgehead atoms. The number of hydrogen-bond donors (Lipinski definition) is 0. The molecule has 1 aliphatic carbocycles. The minimum Gasteiger partial charge on any atom is -0.501 e. The average Bonchev–Trinajstić information content (AvgIpc) is 3.39. The molecule has 1 aliphatic rings. The van der Waals surface area contributed by atoms with E-state index in [2.05, 4.69) is 106 Å². The van der Waals surface area contributed by atoms with Crippen molar-refractivity contribution in [3.05, 3.63) is 114 Å². The summed E-state index contributed by atoms with van der Waals surface area (Å²) in [5.41, 5.74) is 11.8. The van der Waals surface area contributed by atoms with Crippen LogP contribution in [0.15, 0.2) is 83.5 Å². The second-order valence-electron chi connectivity index (χ2n) is 14.7. The standard InChI is InChI=1S/C21H16NO.C20H28GeN.Ir/c1-2-7-15-14(6-1)12-13-22-20(15)18-10-5-9-17-16-8-3-4-11-19(16)23-21(17)18;1-15-8-10-16(11-9-15)19-12-17(13-20(2,3)4)18(14-22-19)21(5,6)7;/h3-5,8-9,11-13H,1-2,6-7H2;8-10,12,14H,13H2,1-7H3;/q2*-1;. The SMILES string of the molecule is Cc1c[c-]c(-c2cc(CC(C)(C)C)[c]([Ge]([CH3])([CH3])[CH3])cn2)cc1.[Ir].[c-]1ccc2c(oc3ccccc32)c1-c1nccc2c1CCCC2. The monoisotopic (exact) mass is 847 g/mol. The molecule has 0 aliphatic heterocycles. The van der Waals surface area contributed by atoms with Gasteiger partial charge in [0.15, 0.2) is 0 Å². The van der Waals surface area contributed by atoms with Crippen LogP contribution in [0.3, 0.4) is 0 Å². The fraction of sp³-hybridized carbons (Fsp3) is 0.317. The molecule has 0 N–H and O–H groups in total. The molecule has 3 heterocycles. The van der Waals surface area contributed by atoms with Crippen LogP contribution in [0.2, 0.25) is 17.3 Å². The third-order valence-electron chi connectivity index (χ3n) is 8.61. The smallest absolute Gasteiger partial charge is 0.120 e. The first-order valence-corrected chi connectivity index (χ1v) is 23.6. The van der Waals surface area contributed by atoms with Crippen LogP contribution in [0.5, 0.6) is 0 Å². The van der Waals surface area contributed by atoms with Crippen LogP contribution < -0.4 is 4.40 Å². The Labute approximate surface area is 291 Å². The molecular weight excluding hydrogens is 801 g/mol. The number of hydrogen-bond acceptors (Lipinski definition) is 3. The van der Waals surface area contributed by atoms with E-state index < -0.39 is 13.3 Å². The van der Waals surface area contributed by atoms with E-state index in [-0.39, 0.29) is 25.5 Å². The van der Waals surface area contributed by atoms with Crippen LogP contribution in [-0.4, -0.2) is 23.2 Å². The van der Waals surface area contributed by atoms with Gasteiger partial charge in [0.2, 0.25) is 0 Å². The molecule has 7 rings (SSSR count). The van der Waals surface area contributed by atoms with Gasteiger partial charge in [-0.2, -0.15) is 0 Å². The van der Waals surface area contributed by atoms with Gasteiger partial charge in [-0.25, -0.2) is 0 Å². The van der Waals surface area contributed by atoms with Crippen molar-refractivity contribution in [3.63, 3.8) is 0 Å². The average molecular weight is 846 g/mol. The molecule has 0 spiro atoms. The second-order valence-corrected chi connectivity index (χ2v) is 25.3. The zero-order valence-electron chi connectivity index (χ0n) is 28.2. The van der Waals surface area contributed by atoms with Crippen LogP contribution in [0.4, 0.5) is 0 Å². The molecule has 5 heteroatoms. The molecule has 0 fully saturated rings. The van der Waals surface area contributed by atoms with E-state index in [4.69, 9.17) is 14.4 Å². The van der Waals surface area contributed by atoms with Crippen molar-refractivity contribution in [2.75, 3.05) is 0 Å². The molecule has 0 saturated carbocycles. The number of pyridine rings is 2. The number of benzene rings is 3. The van der Waals surface area contributed by atoms with E-state index in [0.29, 0.717) is 0 Å². The van der Waals surface area contributed by atoms with E-state index >= 15 is 0 Å². The Bertz CT molecular complexity index is 1960. The van der Waals surface area contributed by atoms with E-state index in [0.717, 1.165) is 63.7 Å². The Balaban J connectivity index is 0.000000178. The Hall–Kier alpha value is -3.05. The van der Waals surface area contributed by atoms with Gasteiger partial charge in [0.05, 0.1) is 5.58 Å². The molecular formula is C41H44GeIrN2O-2. The molecule has 0 atom stereocenters. The Morgan fingerprint density at radius 2 is 1.67 bits per heavy atom. The molecule has 239 valence electrons. The van der Waals surface area contributed by atoms with Gasteiger partial charge in [-0.15, -0.1) is 18.2 Å². The van der Waals surface area contributed by atoms with Gasteiger partial charge in [-0.1, -0.05) is 40.3 Å². The molecule has 0 amide bonds. The summed E-state index contributed by atoms with van der Waals surface area (Å²) in [6.07, 6.45) is 9.94. The van der Waals surface area contributed by atoms with Crippen molar-refractivity contribution in [3.8, 4) is 22.5 Å². The van der Waals surface area contributed by atoms with Crippen molar-refractivity contribution in [2.45, 2.75) is 77.1 Å². The normalized spacial score (nSPS) is 13.1. The van der Waals surface area contributed by atoms with Gasteiger partial charge in [-0.05, 0) is 43.5 Å². The third kappa shape index (κ3) is 7.57. The molecule has 0 saturated heterocycles. The summed E-state index contributed by atoms with van der Waals surface area (Å²) in [5.74, 6) is 7.34. The molecule has 3 aromatic carbocycles. The molecule has 46 heavy (non-hydrogen) atoms. The molecule has 1 radical (unpaired) electrons. The third-order valence-corrected chi connectivity index (χ3v) is 12.9. The van der Waals surface area contributed by atoms with Gasteiger partial charge in [0, 0.05) is 31.7 Å². The van der Waals surface area contributed by atoms with Crippen LogP contribution in [-0.2, 0) is 39.4 Å². The molecule has 0 unspecified atom stereocenters. The zero-order valence-corrected chi connectivity index (χ0v) is 32.7. The van der Waals surface area contributed by atoms with Crippen LogP contribution in [0.25, 0.3) is 44.5 Å². The minimum atomic E-state index is -1.91. The van der Waals surface area contributed by atoms with Gasteiger partial charge >= 0.3 is 138 Å². The number of para-hydroxylation sites is 1. The van der Waals surface area contributed by atoms with Gasteiger partial charge in [-0.3, -0.25) is 0 Å². The van der Waals surface area contributed by atoms with E-state index in [1.54, 1.807) is 0 Å². The molecule has 6 aromatic rings. The number of furan rings is 1. The topological polar surface area (TPSA) is 38.9 Å². The number of rotatable bonds is 4. The number of aryl methyl sites for hydroxylation is 2. The first kappa shape index (κ1) is 34.3. The van der Waals surface area contributed by atoms with Crippen molar-refractivity contribution < 1.29 is 24.5 Å². The summed E-state index contributed by atoms with van der Waals surface area (Å²) < 4.78 is 7.69.